The minimum absolute atomic E-state index is 0.386. The summed E-state index contributed by atoms with van der Waals surface area (Å²) in [5.74, 6) is 1.72. The lowest BCUT2D eigenvalue weighted by atomic mass is 9.67. The van der Waals surface area contributed by atoms with Crippen LogP contribution in [0.1, 0.15) is 46.0 Å². The molecular formula is C13H24O2. The molecule has 2 nitrogen and oxygen atoms in total. The maximum Gasteiger partial charge on any atom is 0.0702 e. The molecule has 0 bridgehead atoms. The highest BCUT2D eigenvalue weighted by Gasteiger charge is 2.42. The number of hydrogen-bond donors (Lipinski definition) is 1. The van der Waals surface area contributed by atoms with Crippen LogP contribution in [0.4, 0.5) is 0 Å². The molecule has 1 aliphatic carbocycles. The van der Waals surface area contributed by atoms with Crippen LogP contribution >= 0.6 is 0 Å². The van der Waals surface area contributed by atoms with Gasteiger partial charge in [-0.1, -0.05) is 13.8 Å². The molecule has 0 aromatic carbocycles. The van der Waals surface area contributed by atoms with E-state index in [0.717, 1.165) is 38.9 Å². The van der Waals surface area contributed by atoms with Crippen molar-refractivity contribution in [2.45, 2.75) is 51.6 Å². The quantitative estimate of drug-likeness (QED) is 0.724. The van der Waals surface area contributed by atoms with Crippen LogP contribution in [0.3, 0.4) is 0 Å². The van der Waals surface area contributed by atoms with Gasteiger partial charge in [0.05, 0.1) is 12.2 Å². The molecule has 2 fully saturated rings. The molecule has 0 aromatic rings. The first kappa shape index (κ1) is 11.4. The molecule has 15 heavy (non-hydrogen) atoms. The fourth-order valence-electron chi connectivity index (χ4n) is 3.64. The minimum atomic E-state index is -0.433. The van der Waals surface area contributed by atoms with Crippen molar-refractivity contribution < 1.29 is 9.84 Å². The van der Waals surface area contributed by atoms with Gasteiger partial charge < -0.3 is 9.84 Å². The smallest absolute Gasteiger partial charge is 0.0702 e. The Labute approximate surface area is 93.0 Å². The minimum Gasteiger partial charge on any atom is -0.389 e. The maximum absolute atomic E-state index is 10.8. The Hall–Kier alpha value is -0.0800. The van der Waals surface area contributed by atoms with Gasteiger partial charge in [0.1, 0.15) is 0 Å². The lowest BCUT2D eigenvalue weighted by Gasteiger charge is -2.45. The second-order valence-electron chi connectivity index (χ2n) is 5.87. The van der Waals surface area contributed by atoms with Gasteiger partial charge in [0.25, 0.3) is 0 Å². The molecular weight excluding hydrogens is 188 g/mol. The van der Waals surface area contributed by atoms with Crippen molar-refractivity contribution >= 4 is 0 Å². The van der Waals surface area contributed by atoms with E-state index in [-0.39, 0.29) is 0 Å². The van der Waals surface area contributed by atoms with Crippen molar-refractivity contribution in [2.75, 3.05) is 13.2 Å². The first-order chi connectivity index (χ1) is 7.10. The van der Waals surface area contributed by atoms with Crippen LogP contribution in [0, 0.1) is 17.8 Å². The molecule has 1 saturated heterocycles. The molecule has 2 heteroatoms. The number of aliphatic hydroxyl groups is 1. The third-order valence-corrected chi connectivity index (χ3v) is 4.13. The summed E-state index contributed by atoms with van der Waals surface area (Å²) in [7, 11) is 0. The van der Waals surface area contributed by atoms with E-state index in [1.165, 1.54) is 6.42 Å². The van der Waals surface area contributed by atoms with Gasteiger partial charge in [-0.25, -0.2) is 0 Å². The predicted octanol–water partition coefficient (Wildman–Crippen LogP) is 2.60. The van der Waals surface area contributed by atoms with Crippen molar-refractivity contribution in [3.63, 3.8) is 0 Å². The van der Waals surface area contributed by atoms with Gasteiger partial charge in [0.2, 0.25) is 0 Å². The molecule has 2 rings (SSSR count). The summed E-state index contributed by atoms with van der Waals surface area (Å²) in [6.07, 6.45) is 5.50. The summed E-state index contributed by atoms with van der Waals surface area (Å²) in [5.41, 5.74) is -0.433. The van der Waals surface area contributed by atoms with Gasteiger partial charge in [-0.2, -0.15) is 0 Å². The standard InChI is InChI=1S/C13H24O2/c1-10-6-11(2)8-13(14,7-10)12-4-3-5-15-9-12/h10-12,14H,3-9H2,1-2H3. The normalized spacial score (nSPS) is 47.8. The lowest BCUT2D eigenvalue weighted by molar-refractivity contribution is -0.117. The van der Waals surface area contributed by atoms with Crippen molar-refractivity contribution in [1.29, 1.82) is 0 Å². The maximum atomic E-state index is 10.8. The third kappa shape index (κ3) is 2.54. The van der Waals surface area contributed by atoms with Gasteiger partial charge in [0.15, 0.2) is 0 Å². The van der Waals surface area contributed by atoms with Gasteiger partial charge >= 0.3 is 0 Å². The Morgan fingerprint density at radius 1 is 1.20 bits per heavy atom. The van der Waals surface area contributed by atoms with E-state index in [4.69, 9.17) is 4.74 Å². The molecule has 0 spiro atoms. The van der Waals surface area contributed by atoms with E-state index >= 15 is 0 Å². The summed E-state index contributed by atoms with van der Waals surface area (Å²) in [4.78, 5) is 0. The van der Waals surface area contributed by atoms with E-state index in [1.54, 1.807) is 0 Å². The fourth-order valence-corrected chi connectivity index (χ4v) is 3.64. The Balaban J connectivity index is 2.02. The Bertz CT molecular complexity index is 199. The predicted molar refractivity (Wildman–Crippen MR) is 60.7 cm³/mol. The van der Waals surface area contributed by atoms with Crippen LogP contribution in [-0.2, 0) is 4.74 Å². The highest BCUT2D eigenvalue weighted by atomic mass is 16.5. The second-order valence-corrected chi connectivity index (χ2v) is 5.87. The van der Waals surface area contributed by atoms with Crippen LogP contribution in [0.5, 0.6) is 0 Å². The molecule has 3 unspecified atom stereocenters. The summed E-state index contributed by atoms with van der Waals surface area (Å²) in [6.45, 7) is 6.20. The van der Waals surface area contributed by atoms with E-state index in [9.17, 15) is 5.11 Å². The van der Waals surface area contributed by atoms with Crippen LogP contribution in [-0.4, -0.2) is 23.9 Å². The molecule has 1 saturated carbocycles. The summed E-state index contributed by atoms with van der Waals surface area (Å²) in [6, 6.07) is 0. The van der Waals surface area contributed by atoms with E-state index in [0.29, 0.717) is 17.8 Å². The van der Waals surface area contributed by atoms with Gasteiger partial charge in [-0.15, -0.1) is 0 Å². The first-order valence-electron chi connectivity index (χ1n) is 6.40. The topological polar surface area (TPSA) is 29.5 Å². The van der Waals surface area contributed by atoms with E-state index < -0.39 is 5.60 Å². The summed E-state index contributed by atoms with van der Waals surface area (Å²) in [5, 5.41) is 10.8. The average molecular weight is 212 g/mol. The van der Waals surface area contributed by atoms with Crippen molar-refractivity contribution in [3.05, 3.63) is 0 Å². The number of ether oxygens (including phenoxy) is 1. The molecule has 0 radical (unpaired) electrons. The molecule has 0 aromatic heterocycles. The Kier molecular flexibility index (Phi) is 3.36. The zero-order chi connectivity index (χ0) is 10.9. The van der Waals surface area contributed by atoms with Crippen molar-refractivity contribution in [3.8, 4) is 0 Å². The summed E-state index contributed by atoms with van der Waals surface area (Å²) < 4.78 is 5.51. The van der Waals surface area contributed by atoms with Crippen LogP contribution in [0.25, 0.3) is 0 Å². The Morgan fingerprint density at radius 2 is 1.87 bits per heavy atom. The third-order valence-electron chi connectivity index (χ3n) is 4.13. The Morgan fingerprint density at radius 3 is 2.40 bits per heavy atom. The van der Waals surface area contributed by atoms with Crippen LogP contribution in [0.15, 0.2) is 0 Å². The van der Waals surface area contributed by atoms with Crippen LogP contribution in [0.2, 0.25) is 0 Å². The number of rotatable bonds is 1. The van der Waals surface area contributed by atoms with Crippen LogP contribution < -0.4 is 0 Å². The summed E-state index contributed by atoms with van der Waals surface area (Å²) >= 11 is 0. The molecule has 1 aliphatic heterocycles. The zero-order valence-corrected chi connectivity index (χ0v) is 10.0. The second kappa shape index (κ2) is 4.42. The SMILES string of the molecule is CC1CC(C)CC(O)(C2CCCOC2)C1. The van der Waals surface area contributed by atoms with Crippen molar-refractivity contribution in [1.82, 2.24) is 0 Å². The zero-order valence-electron chi connectivity index (χ0n) is 10.0. The lowest BCUT2D eigenvalue weighted by Crippen LogP contribution is -2.47. The molecule has 1 heterocycles. The van der Waals surface area contributed by atoms with Gasteiger partial charge in [0, 0.05) is 12.5 Å². The van der Waals surface area contributed by atoms with Gasteiger partial charge in [-0.3, -0.25) is 0 Å². The van der Waals surface area contributed by atoms with E-state index in [1.807, 2.05) is 0 Å². The number of hydrogen-bond acceptors (Lipinski definition) is 2. The largest absolute Gasteiger partial charge is 0.389 e. The highest BCUT2D eigenvalue weighted by molar-refractivity contribution is 4.93. The fraction of sp³-hybridized carbons (Fsp3) is 1.00. The average Bonchev–Trinajstić information content (AvgIpc) is 2.17. The molecule has 2 aliphatic rings. The molecule has 1 N–H and O–H groups in total. The van der Waals surface area contributed by atoms with E-state index in [2.05, 4.69) is 13.8 Å². The van der Waals surface area contributed by atoms with Crippen molar-refractivity contribution in [2.24, 2.45) is 17.8 Å². The van der Waals surface area contributed by atoms with Gasteiger partial charge in [-0.05, 0) is 43.9 Å². The molecule has 0 amide bonds. The monoisotopic (exact) mass is 212 g/mol. The molecule has 88 valence electrons. The first-order valence-corrected chi connectivity index (χ1v) is 6.40. The highest BCUT2D eigenvalue weighted by Crippen LogP contribution is 2.42. The molecule has 3 atom stereocenters.